The number of piperidine rings is 2. The molecule has 1 aromatic carbocycles. The molecule has 1 aromatic heterocycles. The lowest BCUT2D eigenvalue weighted by molar-refractivity contribution is -0.120. The summed E-state index contributed by atoms with van der Waals surface area (Å²) in [5, 5.41) is 8.38. The van der Waals surface area contributed by atoms with Crippen LogP contribution in [-0.4, -0.2) is 79.7 Å². The number of nitrogens with zero attached hydrogens (tertiary/aromatic N) is 5. The van der Waals surface area contributed by atoms with E-state index in [2.05, 4.69) is 37.8 Å². The largest absolute Gasteiger partial charge is 0.329 e. The molecule has 212 valence electrons. The van der Waals surface area contributed by atoms with Gasteiger partial charge in [-0.25, -0.2) is 13.3 Å². The summed E-state index contributed by atoms with van der Waals surface area (Å²) in [5.41, 5.74) is 2.36. The summed E-state index contributed by atoms with van der Waals surface area (Å²) in [4.78, 5) is 28.2. The number of rotatable bonds is 6. The molecule has 10 heteroatoms. The van der Waals surface area contributed by atoms with Crippen molar-refractivity contribution in [3.63, 3.8) is 0 Å². The van der Waals surface area contributed by atoms with Gasteiger partial charge >= 0.3 is 6.03 Å². The Kier molecular flexibility index (Phi) is 8.05. The maximum absolute atomic E-state index is 13.0. The summed E-state index contributed by atoms with van der Waals surface area (Å²) in [6.07, 6.45) is 11.0. The lowest BCUT2D eigenvalue weighted by Gasteiger charge is -2.38. The number of amides is 3. The van der Waals surface area contributed by atoms with E-state index < -0.39 is 17.0 Å². The van der Waals surface area contributed by atoms with Gasteiger partial charge in [0, 0.05) is 50.3 Å². The Balaban J connectivity index is 1.01. The summed E-state index contributed by atoms with van der Waals surface area (Å²) >= 11 is 0. The van der Waals surface area contributed by atoms with E-state index in [1.165, 1.54) is 44.2 Å². The number of carbonyl (C=O) groups excluding carboxylic acids is 2. The van der Waals surface area contributed by atoms with E-state index >= 15 is 0 Å². The van der Waals surface area contributed by atoms with Gasteiger partial charge in [-0.05, 0) is 81.1 Å². The molecule has 4 fully saturated rings. The van der Waals surface area contributed by atoms with Crippen LogP contribution >= 0.6 is 0 Å². The number of aryl methyl sites for hydroxylation is 1. The van der Waals surface area contributed by atoms with Crippen molar-refractivity contribution in [2.24, 2.45) is 13.0 Å². The Labute approximate surface area is 233 Å². The Hall–Kier alpha value is -2.30. The minimum Gasteiger partial charge on any atom is -0.303 e. The summed E-state index contributed by atoms with van der Waals surface area (Å²) in [6, 6.07) is 6.13. The molecular formula is C29H42N6O3S. The fraction of sp³-hybridized carbons (Fsp3) is 0.690. The fourth-order valence-electron chi connectivity index (χ4n) is 7.04. The number of hydrogen-bond acceptors (Lipinski definition) is 5. The van der Waals surface area contributed by atoms with Crippen LogP contribution in [0.3, 0.4) is 0 Å². The van der Waals surface area contributed by atoms with Crippen molar-refractivity contribution in [3.8, 4) is 0 Å². The van der Waals surface area contributed by atoms with Crippen LogP contribution in [-0.2, 0) is 22.8 Å². The SMILES string of the molecule is Cn1nc(N2CCC(=O)NC2=O)c2ccc(C3CCN(CC4CCN(S(=O)C5CCCCC5)CC4)CC3)cc21. The molecule has 1 unspecified atom stereocenters. The fourth-order valence-corrected chi connectivity index (χ4v) is 8.77. The first-order valence-corrected chi connectivity index (χ1v) is 16.1. The number of imide groups is 1. The van der Waals surface area contributed by atoms with Gasteiger partial charge in [0.1, 0.15) is 0 Å². The minimum atomic E-state index is -0.778. The molecule has 1 aliphatic carbocycles. The van der Waals surface area contributed by atoms with Crippen molar-refractivity contribution in [3.05, 3.63) is 23.8 Å². The number of benzene rings is 1. The van der Waals surface area contributed by atoms with Gasteiger partial charge in [0.05, 0.1) is 16.5 Å². The normalized spacial score (nSPS) is 24.4. The van der Waals surface area contributed by atoms with Crippen LogP contribution in [0.5, 0.6) is 0 Å². The van der Waals surface area contributed by atoms with Crippen LogP contribution in [0.4, 0.5) is 10.6 Å². The summed E-state index contributed by atoms with van der Waals surface area (Å²) < 4.78 is 17.1. The number of likely N-dealkylation sites (tertiary alicyclic amines) is 1. The Morgan fingerprint density at radius 3 is 2.41 bits per heavy atom. The third-order valence-corrected chi connectivity index (χ3v) is 11.3. The van der Waals surface area contributed by atoms with Crippen molar-refractivity contribution in [2.45, 2.75) is 75.4 Å². The number of anilines is 1. The van der Waals surface area contributed by atoms with Gasteiger partial charge in [0.25, 0.3) is 0 Å². The Morgan fingerprint density at radius 1 is 0.949 bits per heavy atom. The van der Waals surface area contributed by atoms with E-state index in [0.717, 1.165) is 62.8 Å². The number of urea groups is 1. The van der Waals surface area contributed by atoms with Crippen molar-refractivity contribution in [1.29, 1.82) is 0 Å². The zero-order valence-electron chi connectivity index (χ0n) is 23.1. The topological polar surface area (TPSA) is 90.8 Å². The van der Waals surface area contributed by atoms with E-state index in [1.54, 1.807) is 4.90 Å². The number of carbonyl (C=O) groups is 2. The predicted molar refractivity (Wildman–Crippen MR) is 154 cm³/mol. The van der Waals surface area contributed by atoms with E-state index in [1.807, 2.05) is 11.7 Å². The molecule has 1 atom stereocenters. The second-order valence-corrected chi connectivity index (χ2v) is 13.7. The van der Waals surface area contributed by atoms with Gasteiger partial charge in [-0.15, -0.1) is 0 Å². The predicted octanol–water partition coefficient (Wildman–Crippen LogP) is 3.91. The molecule has 1 N–H and O–H groups in total. The number of fused-ring (bicyclic) bond motifs is 1. The molecule has 2 aromatic rings. The highest BCUT2D eigenvalue weighted by molar-refractivity contribution is 7.83. The molecule has 4 heterocycles. The van der Waals surface area contributed by atoms with E-state index in [0.29, 0.717) is 35.9 Å². The number of hydrogen-bond donors (Lipinski definition) is 1. The van der Waals surface area contributed by atoms with Crippen molar-refractivity contribution >= 4 is 39.6 Å². The molecule has 3 amide bonds. The average Bonchev–Trinajstić information content (AvgIpc) is 3.29. The highest BCUT2D eigenvalue weighted by Crippen LogP contribution is 2.34. The van der Waals surface area contributed by atoms with Crippen LogP contribution in [0, 0.1) is 5.92 Å². The second-order valence-electron chi connectivity index (χ2n) is 12.0. The molecule has 3 aliphatic heterocycles. The van der Waals surface area contributed by atoms with Crippen LogP contribution in [0.25, 0.3) is 10.9 Å². The average molecular weight is 555 g/mol. The first-order chi connectivity index (χ1) is 19.0. The molecule has 6 rings (SSSR count). The van der Waals surface area contributed by atoms with Crippen LogP contribution in [0.2, 0.25) is 0 Å². The number of aromatic nitrogens is 2. The van der Waals surface area contributed by atoms with Crippen molar-refractivity contribution in [1.82, 2.24) is 24.3 Å². The van der Waals surface area contributed by atoms with Crippen LogP contribution in [0.1, 0.15) is 75.7 Å². The molecule has 0 bridgehead atoms. The van der Waals surface area contributed by atoms with Gasteiger partial charge in [-0.2, -0.15) is 5.10 Å². The third-order valence-electron chi connectivity index (χ3n) is 9.41. The first kappa shape index (κ1) is 26.9. The van der Waals surface area contributed by atoms with Gasteiger partial charge in [-0.1, -0.05) is 25.3 Å². The van der Waals surface area contributed by atoms with Gasteiger partial charge in [-0.3, -0.25) is 19.7 Å². The molecular weight excluding hydrogens is 512 g/mol. The van der Waals surface area contributed by atoms with Crippen LogP contribution in [0.15, 0.2) is 18.2 Å². The lowest BCUT2D eigenvalue weighted by Crippen LogP contribution is -2.49. The van der Waals surface area contributed by atoms with Crippen molar-refractivity contribution < 1.29 is 13.8 Å². The third kappa shape index (κ3) is 5.79. The van der Waals surface area contributed by atoms with E-state index in [4.69, 9.17) is 0 Å². The summed E-state index contributed by atoms with van der Waals surface area (Å²) in [7, 11) is 1.14. The molecule has 4 aliphatic rings. The van der Waals surface area contributed by atoms with E-state index in [9.17, 15) is 13.8 Å². The van der Waals surface area contributed by atoms with Crippen molar-refractivity contribution in [2.75, 3.05) is 44.2 Å². The van der Waals surface area contributed by atoms with Gasteiger partial charge < -0.3 is 4.90 Å². The quantitative estimate of drug-likeness (QED) is 0.585. The maximum atomic E-state index is 13.0. The molecule has 9 nitrogen and oxygen atoms in total. The van der Waals surface area contributed by atoms with Crippen LogP contribution < -0.4 is 10.2 Å². The standard InChI is InChI=1S/C29H42N6O3S/c1-32-26-19-23(7-8-25(26)28(31-32)35-18-13-27(36)30-29(35)37)22-11-14-33(15-12-22)20-21-9-16-34(17-10-21)39(38)24-5-3-2-4-6-24/h7-8,19,21-22,24H,2-6,9-18,20H2,1H3,(H,30,36,37). The zero-order valence-corrected chi connectivity index (χ0v) is 24.0. The number of nitrogens with one attached hydrogen (secondary N) is 1. The van der Waals surface area contributed by atoms with Gasteiger partial charge in [0.2, 0.25) is 5.91 Å². The Morgan fingerprint density at radius 2 is 1.69 bits per heavy atom. The monoisotopic (exact) mass is 554 g/mol. The summed E-state index contributed by atoms with van der Waals surface area (Å²) in [5.74, 6) is 1.63. The second kappa shape index (κ2) is 11.7. The smallest absolute Gasteiger partial charge is 0.303 e. The lowest BCUT2D eigenvalue weighted by atomic mass is 9.88. The van der Waals surface area contributed by atoms with Gasteiger partial charge in [0.15, 0.2) is 5.82 Å². The minimum absolute atomic E-state index is 0.235. The molecule has 3 saturated heterocycles. The molecule has 0 spiro atoms. The Bertz CT molecular complexity index is 1230. The maximum Gasteiger partial charge on any atom is 0.329 e. The zero-order chi connectivity index (χ0) is 26.9. The highest BCUT2D eigenvalue weighted by atomic mass is 32.2. The molecule has 39 heavy (non-hydrogen) atoms. The molecule has 1 saturated carbocycles. The highest BCUT2D eigenvalue weighted by Gasteiger charge is 2.31. The first-order valence-electron chi connectivity index (χ1n) is 14.9. The van der Waals surface area contributed by atoms with E-state index in [-0.39, 0.29) is 5.91 Å². The summed E-state index contributed by atoms with van der Waals surface area (Å²) in [6.45, 7) is 5.75. The molecule has 0 radical (unpaired) electrons.